The molecule has 2 amide bonds. The summed E-state index contributed by atoms with van der Waals surface area (Å²) in [7, 11) is -2.62. The van der Waals surface area contributed by atoms with E-state index in [1.165, 1.54) is 17.0 Å². The van der Waals surface area contributed by atoms with E-state index in [1.54, 1.807) is 68.6 Å². The van der Waals surface area contributed by atoms with Crippen molar-refractivity contribution in [1.29, 1.82) is 0 Å². The van der Waals surface area contributed by atoms with Gasteiger partial charge in [-0.05, 0) is 86.5 Å². The van der Waals surface area contributed by atoms with Gasteiger partial charge in [0.2, 0.25) is 11.8 Å². The fourth-order valence-corrected chi connectivity index (χ4v) is 5.90. The van der Waals surface area contributed by atoms with Crippen LogP contribution in [0.25, 0.3) is 0 Å². The second-order valence-corrected chi connectivity index (χ2v) is 12.4. The first-order valence-corrected chi connectivity index (χ1v) is 16.0. The third kappa shape index (κ3) is 8.72. The summed E-state index contributed by atoms with van der Waals surface area (Å²) in [4.78, 5) is 28.6. The van der Waals surface area contributed by atoms with E-state index in [1.807, 2.05) is 19.9 Å². The molecule has 1 atom stereocenters. The number of unbranched alkanes of at least 4 members (excludes halogenated alkanes) is 1. The predicted octanol–water partition coefficient (Wildman–Crippen LogP) is 5.39. The van der Waals surface area contributed by atoms with Gasteiger partial charge >= 0.3 is 0 Å². The highest BCUT2D eigenvalue weighted by Crippen LogP contribution is 2.27. The van der Waals surface area contributed by atoms with Gasteiger partial charge in [0, 0.05) is 17.6 Å². The lowest BCUT2D eigenvalue weighted by Crippen LogP contribution is -2.51. The van der Waals surface area contributed by atoms with Crippen molar-refractivity contribution in [2.24, 2.45) is 0 Å². The number of halogens is 1. The number of sulfonamides is 1. The topological polar surface area (TPSA) is 105 Å². The fraction of sp³-hybridized carbons (Fsp3) is 0.355. The number of ether oxygens (including phenoxy) is 2. The highest BCUT2D eigenvalue weighted by atomic mass is 79.9. The van der Waals surface area contributed by atoms with Crippen molar-refractivity contribution in [1.82, 2.24) is 10.2 Å². The van der Waals surface area contributed by atoms with Crippen LogP contribution >= 0.6 is 15.9 Å². The van der Waals surface area contributed by atoms with E-state index in [9.17, 15) is 18.0 Å². The van der Waals surface area contributed by atoms with Gasteiger partial charge < -0.3 is 19.7 Å². The maximum absolute atomic E-state index is 14.0. The zero-order valence-electron chi connectivity index (χ0n) is 24.4. The second-order valence-electron chi connectivity index (χ2n) is 9.59. The summed E-state index contributed by atoms with van der Waals surface area (Å²) in [6.07, 6.45) is 1.71. The van der Waals surface area contributed by atoms with Crippen LogP contribution in [-0.2, 0) is 26.2 Å². The lowest BCUT2D eigenvalue weighted by atomic mass is 10.1. The Bertz CT molecular complexity index is 1430. The lowest BCUT2D eigenvalue weighted by molar-refractivity contribution is -0.139. The van der Waals surface area contributed by atoms with Crippen LogP contribution in [0.2, 0.25) is 0 Å². The summed E-state index contributed by atoms with van der Waals surface area (Å²) in [5.74, 6) is 0.327. The molecule has 0 spiro atoms. The summed E-state index contributed by atoms with van der Waals surface area (Å²) in [5.41, 5.74) is 1.02. The predicted molar refractivity (Wildman–Crippen MR) is 167 cm³/mol. The molecule has 3 aromatic rings. The van der Waals surface area contributed by atoms with Gasteiger partial charge in [-0.2, -0.15) is 0 Å². The number of methoxy groups -OCH3 is 1. The molecule has 11 heteroatoms. The molecule has 0 aromatic heterocycles. The molecule has 0 heterocycles. The van der Waals surface area contributed by atoms with Crippen LogP contribution < -0.4 is 19.1 Å². The van der Waals surface area contributed by atoms with Crippen molar-refractivity contribution < 1.29 is 27.5 Å². The lowest BCUT2D eigenvalue weighted by Gasteiger charge is -2.32. The van der Waals surface area contributed by atoms with Crippen molar-refractivity contribution in [3.63, 3.8) is 0 Å². The largest absolute Gasteiger partial charge is 0.497 e. The average Bonchev–Trinajstić information content (AvgIpc) is 2.99. The molecule has 3 rings (SSSR count). The van der Waals surface area contributed by atoms with Crippen LogP contribution in [0.4, 0.5) is 5.69 Å². The van der Waals surface area contributed by atoms with Gasteiger partial charge in [0.25, 0.3) is 10.0 Å². The van der Waals surface area contributed by atoms with Gasteiger partial charge in [0.1, 0.15) is 24.1 Å². The monoisotopic (exact) mass is 659 g/mol. The molecule has 0 aliphatic rings. The van der Waals surface area contributed by atoms with E-state index < -0.39 is 28.5 Å². The number of amides is 2. The standard InChI is InChI=1S/C31H38BrN3O6S/c1-5-7-19-33-31(37)23(3)34(21-24-9-8-10-28(20-24)40-4)30(36)22-35(26-13-15-27(16-14-26)41-6-2)42(38,39)29-17-11-25(32)12-18-29/h8-18,20,23H,5-7,19,21-22H2,1-4H3,(H,33,37)/t23-/m1/s1. The van der Waals surface area contributed by atoms with E-state index in [-0.39, 0.29) is 23.0 Å². The van der Waals surface area contributed by atoms with Crippen LogP contribution in [0, 0.1) is 0 Å². The summed E-state index contributed by atoms with van der Waals surface area (Å²) < 4.78 is 40.5. The molecule has 42 heavy (non-hydrogen) atoms. The minimum Gasteiger partial charge on any atom is -0.497 e. The Labute approximate surface area is 257 Å². The number of anilines is 1. The van der Waals surface area contributed by atoms with E-state index in [4.69, 9.17) is 9.47 Å². The van der Waals surface area contributed by atoms with Gasteiger partial charge in [-0.15, -0.1) is 0 Å². The van der Waals surface area contributed by atoms with Crippen molar-refractivity contribution in [2.45, 2.75) is 51.1 Å². The van der Waals surface area contributed by atoms with E-state index in [0.29, 0.717) is 24.7 Å². The molecule has 0 unspecified atom stereocenters. The molecule has 1 N–H and O–H groups in total. The number of benzene rings is 3. The molecule has 0 bridgehead atoms. The highest BCUT2D eigenvalue weighted by molar-refractivity contribution is 9.10. The van der Waals surface area contributed by atoms with Crippen molar-refractivity contribution in [3.8, 4) is 11.5 Å². The van der Waals surface area contributed by atoms with Gasteiger partial charge in [0.15, 0.2) is 0 Å². The third-order valence-electron chi connectivity index (χ3n) is 6.60. The summed E-state index contributed by atoms with van der Waals surface area (Å²) in [6, 6.07) is 19.1. The maximum atomic E-state index is 14.0. The molecule has 9 nitrogen and oxygen atoms in total. The number of nitrogens with one attached hydrogen (secondary N) is 1. The van der Waals surface area contributed by atoms with Crippen LogP contribution in [0.5, 0.6) is 11.5 Å². The van der Waals surface area contributed by atoms with Crippen LogP contribution in [0.3, 0.4) is 0 Å². The first kappa shape index (κ1) is 32.9. The van der Waals surface area contributed by atoms with Gasteiger partial charge in [0.05, 0.1) is 24.3 Å². The number of carbonyl (C=O) groups is 2. The number of hydrogen-bond acceptors (Lipinski definition) is 6. The van der Waals surface area contributed by atoms with Crippen LogP contribution in [-0.4, -0.2) is 58.0 Å². The number of hydrogen-bond donors (Lipinski definition) is 1. The van der Waals surface area contributed by atoms with Gasteiger partial charge in [-0.3, -0.25) is 13.9 Å². The first-order valence-electron chi connectivity index (χ1n) is 13.8. The Morgan fingerprint density at radius 2 is 1.67 bits per heavy atom. The minimum atomic E-state index is -4.17. The minimum absolute atomic E-state index is 0.0251. The Morgan fingerprint density at radius 3 is 2.29 bits per heavy atom. The molecule has 3 aromatic carbocycles. The molecule has 0 saturated heterocycles. The highest BCUT2D eigenvalue weighted by Gasteiger charge is 2.32. The Hall–Kier alpha value is -3.57. The molecule has 0 radical (unpaired) electrons. The Morgan fingerprint density at radius 1 is 0.976 bits per heavy atom. The zero-order chi connectivity index (χ0) is 30.7. The number of nitrogens with zero attached hydrogens (tertiary/aromatic N) is 2. The summed E-state index contributed by atoms with van der Waals surface area (Å²) >= 11 is 3.34. The molecule has 0 fully saturated rings. The van der Waals surface area contributed by atoms with Gasteiger partial charge in [-0.1, -0.05) is 41.4 Å². The number of rotatable bonds is 15. The SMILES string of the molecule is CCCCNC(=O)[C@@H](C)N(Cc1cccc(OC)c1)C(=O)CN(c1ccc(OCC)cc1)S(=O)(=O)c1ccc(Br)cc1. The van der Waals surface area contributed by atoms with Crippen molar-refractivity contribution in [3.05, 3.63) is 82.8 Å². The first-order chi connectivity index (χ1) is 20.1. The molecule has 226 valence electrons. The van der Waals surface area contributed by atoms with Crippen LogP contribution in [0.1, 0.15) is 39.2 Å². The van der Waals surface area contributed by atoms with E-state index in [0.717, 1.165) is 27.2 Å². The molecule has 0 saturated carbocycles. The molecule has 0 aliphatic carbocycles. The number of carbonyl (C=O) groups excluding carboxylic acids is 2. The fourth-order valence-electron chi connectivity index (χ4n) is 4.22. The van der Waals surface area contributed by atoms with E-state index >= 15 is 0 Å². The third-order valence-corrected chi connectivity index (χ3v) is 8.92. The maximum Gasteiger partial charge on any atom is 0.264 e. The van der Waals surface area contributed by atoms with E-state index in [2.05, 4.69) is 21.2 Å². The summed E-state index contributed by atoms with van der Waals surface area (Å²) in [6.45, 7) is 6.01. The van der Waals surface area contributed by atoms with Crippen molar-refractivity contribution >= 4 is 43.5 Å². The van der Waals surface area contributed by atoms with Gasteiger partial charge in [-0.25, -0.2) is 8.42 Å². The average molecular weight is 661 g/mol. The van der Waals surface area contributed by atoms with Crippen molar-refractivity contribution in [2.75, 3.05) is 31.1 Å². The van der Waals surface area contributed by atoms with Crippen LogP contribution in [0.15, 0.2) is 82.2 Å². The quantitative estimate of drug-likeness (QED) is 0.220. The molecular weight excluding hydrogens is 622 g/mol. The Kier molecular flexibility index (Phi) is 12.2. The smallest absolute Gasteiger partial charge is 0.264 e. The second kappa shape index (κ2) is 15.6. The Balaban J connectivity index is 2.01. The molecule has 0 aliphatic heterocycles. The molecular formula is C31H38BrN3O6S. The summed E-state index contributed by atoms with van der Waals surface area (Å²) in [5, 5.41) is 2.88. The zero-order valence-corrected chi connectivity index (χ0v) is 26.8. The normalized spacial score (nSPS) is 11.8.